The second kappa shape index (κ2) is 10.1. The van der Waals surface area contributed by atoms with Gasteiger partial charge in [0.05, 0.1) is 41.8 Å². The van der Waals surface area contributed by atoms with E-state index in [0.717, 1.165) is 12.8 Å². The van der Waals surface area contributed by atoms with Gasteiger partial charge in [-0.15, -0.1) is 0 Å². The van der Waals surface area contributed by atoms with Gasteiger partial charge in [-0.2, -0.15) is 0 Å². The molecule has 9 nitrogen and oxygen atoms in total. The Morgan fingerprint density at radius 1 is 1.39 bits per heavy atom. The molecule has 2 aromatic rings. The maximum Gasteiger partial charge on any atom is 0.337 e. The van der Waals surface area contributed by atoms with Crippen LogP contribution in [0.25, 0.3) is 10.9 Å². The van der Waals surface area contributed by atoms with E-state index in [9.17, 15) is 14.4 Å². The number of carbonyl (C=O) groups excluding carboxylic acids is 2. The third-order valence-electron chi connectivity index (χ3n) is 5.50. The molecule has 2 unspecified atom stereocenters. The molecule has 0 radical (unpaired) electrons. The van der Waals surface area contributed by atoms with Gasteiger partial charge in [-0.05, 0) is 44.9 Å². The molecule has 0 bridgehead atoms. The fraction of sp³-hybridized carbons (Fsp3) is 0.455. The number of esters is 1. The summed E-state index contributed by atoms with van der Waals surface area (Å²) in [5.74, 6) is -0.279. The van der Waals surface area contributed by atoms with Crippen LogP contribution in [0.15, 0.2) is 39.4 Å². The van der Waals surface area contributed by atoms with E-state index in [1.807, 2.05) is 0 Å². The minimum atomic E-state index is -0.508. The van der Waals surface area contributed by atoms with Crippen LogP contribution in [0.2, 0.25) is 5.02 Å². The minimum Gasteiger partial charge on any atom is -0.463 e. The topological polar surface area (TPSA) is 112 Å². The Bertz CT molecular complexity index is 1180. The highest BCUT2D eigenvalue weighted by Crippen LogP contribution is 2.26. The summed E-state index contributed by atoms with van der Waals surface area (Å²) in [6, 6.07) is 4.07. The monoisotopic (exact) mass is 492 g/mol. The molecule has 2 N–H and O–H groups in total. The highest BCUT2D eigenvalue weighted by molar-refractivity contribution is 7.99. The van der Waals surface area contributed by atoms with Gasteiger partial charge in [0.25, 0.3) is 5.56 Å². The molecule has 2 aliphatic rings. The van der Waals surface area contributed by atoms with Crippen LogP contribution in [0, 0.1) is 0 Å². The zero-order valence-electron chi connectivity index (χ0n) is 18.4. The Labute approximate surface area is 199 Å². The van der Waals surface area contributed by atoms with Crippen molar-refractivity contribution in [1.82, 2.24) is 20.2 Å². The molecule has 0 spiro atoms. The number of fused-ring (bicyclic) bond motifs is 1. The van der Waals surface area contributed by atoms with Crippen LogP contribution < -0.4 is 16.2 Å². The normalized spacial score (nSPS) is 20.6. The number of ether oxygens (including phenoxy) is 2. The van der Waals surface area contributed by atoms with E-state index >= 15 is 0 Å². The summed E-state index contributed by atoms with van der Waals surface area (Å²) in [4.78, 5) is 42.6. The molecule has 176 valence electrons. The van der Waals surface area contributed by atoms with Crippen LogP contribution in [0.5, 0.6) is 0 Å². The summed E-state index contributed by atoms with van der Waals surface area (Å²) in [6.07, 6.45) is 1.75. The fourth-order valence-corrected chi connectivity index (χ4v) is 5.11. The Hall–Kier alpha value is -2.56. The molecular formula is C22H25ClN4O5S. The van der Waals surface area contributed by atoms with Crippen LogP contribution in [-0.4, -0.2) is 52.7 Å². The van der Waals surface area contributed by atoms with E-state index < -0.39 is 18.0 Å². The lowest BCUT2D eigenvalue weighted by Crippen LogP contribution is -2.49. The Kier molecular flexibility index (Phi) is 7.26. The van der Waals surface area contributed by atoms with Crippen LogP contribution in [-0.2, 0) is 20.8 Å². The van der Waals surface area contributed by atoms with Gasteiger partial charge >= 0.3 is 12.0 Å². The van der Waals surface area contributed by atoms with Gasteiger partial charge in [0, 0.05) is 23.1 Å². The first-order chi connectivity index (χ1) is 15.9. The predicted octanol–water partition coefficient (Wildman–Crippen LogP) is 2.84. The second-order valence-electron chi connectivity index (χ2n) is 7.83. The number of benzene rings is 1. The average Bonchev–Trinajstić information content (AvgIpc) is 3.27. The number of urea groups is 1. The first-order valence-electron chi connectivity index (χ1n) is 10.8. The molecule has 3 heterocycles. The molecule has 11 heteroatoms. The molecule has 0 aliphatic carbocycles. The maximum atomic E-state index is 13.3. The number of halogens is 1. The summed E-state index contributed by atoms with van der Waals surface area (Å²) in [6.45, 7) is 4.71. The Morgan fingerprint density at radius 2 is 2.21 bits per heavy atom. The number of hydrogen-bond donors (Lipinski definition) is 2. The number of rotatable bonds is 7. The molecule has 2 aliphatic heterocycles. The SMILES string of the molecule is CCOC(=O)C1=C(CSc2nc3cc(Cl)ccc3c(=O)n2CC2CCCO2)NC(=O)NC1C. The molecule has 2 atom stereocenters. The van der Waals surface area contributed by atoms with Gasteiger partial charge in [0.1, 0.15) is 0 Å². The largest absolute Gasteiger partial charge is 0.463 e. The van der Waals surface area contributed by atoms with Crippen LogP contribution >= 0.6 is 23.4 Å². The predicted molar refractivity (Wildman–Crippen MR) is 125 cm³/mol. The standard InChI is InChI=1S/C22H25ClN4O5S/c1-3-31-20(29)18-12(2)24-21(30)25-17(18)11-33-22-26-16-9-13(23)6-7-15(16)19(28)27(22)10-14-5-4-8-32-14/h6-7,9,12,14H,3-5,8,10-11H2,1-2H3,(H2,24,25,30). The van der Waals surface area contributed by atoms with E-state index in [0.29, 0.717) is 45.5 Å². The van der Waals surface area contributed by atoms with E-state index in [1.54, 1.807) is 36.6 Å². The van der Waals surface area contributed by atoms with E-state index in [1.165, 1.54) is 11.8 Å². The highest BCUT2D eigenvalue weighted by Gasteiger charge is 2.30. The zero-order valence-corrected chi connectivity index (χ0v) is 19.9. The third-order valence-corrected chi connectivity index (χ3v) is 6.74. The number of amides is 2. The van der Waals surface area contributed by atoms with Crippen LogP contribution in [0.3, 0.4) is 0 Å². The van der Waals surface area contributed by atoms with Gasteiger partial charge < -0.3 is 20.1 Å². The van der Waals surface area contributed by atoms with Crippen molar-refractivity contribution in [2.75, 3.05) is 19.0 Å². The van der Waals surface area contributed by atoms with E-state index in [2.05, 4.69) is 15.6 Å². The third kappa shape index (κ3) is 5.18. The lowest BCUT2D eigenvalue weighted by Gasteiger charge is -2.26. The Morgan fingerprint density at radius 3 is 2.94 bits per heavy atom. The van der Waals surface area contributed by atoms with Crippen LogP contribution in [0.1, 0.15) is 26.7 Å². The molecular weight excluding hydrogens is 468 g/mol. The highest BCUT2D eigenvalue weighted by atomic mass is 35.5. The minimum absolute atomic E-state index is 0.0680. The van der Waals surface area contributed by atoms with Crippen molar-refractivity contribution in [2.24, 2.45) is 0 Å². The molecule has 1 aromatic heterocycles. The van der Waals surface area contributed by atoms with Gasteiger partial charge in [-0.3, -0.25) is 9.36 Å². The van der Waals surface area contributed by atoms with Crippen molar-refractivity contribution >= 4 is 46.3 Å². The second-order valence-corrected chi connectivity index (χ2v) is 9.21. The van der Waals surface area contributed by atoms with E-state index in [-0.39, 0.29) is 24.0 Å². The molecule has 4 rings (SSSR count). The average molecular weight is 493 g/mol. The van der Waals surface area contributed by atoms with E-state index in [4.69, 9.17) is 21.1 Å². The number of carbonyl (C=O) groups is 2. The van der Waals surface area contributed by atoms with Crippen molar-refractivity contribution in [3.05, 3.63) is 44.8 Å². The quantitative estimate of drug-likeness (QED) is 0.347. The van der Waals surface area contributed by atoms with Crippen molar-refractivity contribution in [2.45, 2.75) is 50.5 Å². The summed E-state index contributed by atoms with van der Waals surface area (Å²) >= 11 is 7.39. The number of aromatic nitrogens is 2. The Balaban J connectivity index is 1.71. The van der Waals surface area contributed by atoms with Crippen LogP contribution in [0.4, 0.5) is 4.79 Å². The van der Waals surface area contributed by atoms with Crippen molar-refractivity contribution in [3.8, 4) is 0 Å². The first kappa shape index (κ1) is 23.6. The van der Waals surface area contributed by atoms with Gasteiger partial charge in [-0.1, -0.05) is 23.4 Å². The van der Waals surface area contributed by atoms with Crippen molar-refractivity contribution in [1.29, 1.82) is 0 Å². The summed E-state index contributed by atoms with van der Waals surface area (Å²) in [5, 5.41) is 6.79. The number of nitrogens with one attached hydrogen (secondary N) is 2. The first-order valence-corrected chi connectivity index (χ1v) is 12.2. The molecule has 33 heavy (non-hydrogen) atoms. The molecule has 1 saturated heterocycles. The molecule has 1 aromatic carbocycles. The maximum absolute atomic E-state index is 13.3. The number of nitrogens with zero attached hydrogens (tertiary/aromatic N) is 2. The summed E-state index contributed by atoms with van der Waals surface area (Å²) < 4.78 is 12.5. The lowest BCUT2D eigenvalue weighted by atomic mass is 10.1. The fourth-order valence-electron chi connectivity index (χ4n) is 3.97. The number of hydrogen-bond acceptors (Lipinski definition) is 7. The van der Waals surface area contributed by atoms with Gasteiger partial charge in [0.15, 0.2) is 5.16 Å². The van der Waals surface area contributed by atoms with Gasteiger partial charge in [0.2, 0.25) is 0 Å². The molecule has 2 amide bonds. The zero-order chi connectivity index (χ0) is 23.5. The van der Waals surface area contributed by atoms with Crippen molar-refractivity contribution < 1.29 is 19.1 Å². The summed E-state index contributed by atoms with van der Waals surface area (Å²) in [7, 11) is 0. The van der Waals surface area contributed by atoms with Gasteiger partial charge in [-0.25, -0.2) is 14.6 Å². The summed E-state index contributed by atoms with van der Waals surface area (Å²) in [5.41, 5.74) is 1.08. The lowest BCUT2D eigenvalue weighted by molar-refractivity contribution is -0.138. The number of thioether (sulfide) groups is 1. The molecule has 1 fully saturated rings. The smallest absolute Gasteiger partial charge is 0.337 e. The van der Waals surface area contributed by atoms with Crippen molar-refractivity contribution in [3.63, 3.8) is 0 Å². The molecule has 0 saturated carbocycles.